The minimum atomic E-state index is -0.0459. The fourth-order valence-electron chi connectivity index (χ4n) is 2.17. The molecule has 0 saturated heterocycles. The molecule has 0 bridgehead atoms. The first-order valence-corrected chi connectivity index (χ1v) is 7.70. The fraction of sp³-hybridized carbons (Fsp3) is 0.588. The fourth-order valence-corrected chi connectivity index (χ4v) is 2.17. The predicted octanol–water partition coefficient (Wildman–Crippen LogP) is 3.08. The summed E-state index contributed by atoms with van der Waals surface area (Å²) in [4.78, 5) is 11.7. The number of benzene rings is 1. The van der Waals surface area contributed by atoms with Crippen molar-refractivity contribution < 1.29 is 14.3 Å². The van der Waals surface area contributed by atoms with E-state index in [1.54, 1.807) is 7.11 Å². The Morgan fingerprint density at radius 3 is 2.30 bits per heavy atom. The second kappa shape index (κ2) is 11.3. The van der Waals surface area contributed by atoms with Gasteiger partial charge in [-0.05, 0) is 37.1 Å². The van der Waals surface area contributed by atoms with E-state index in [0.29, 0.717) is 25.7 Å². The molecular formula is C17H29ClN2O3. The zero-order chi connectivity index (χ0) is 16.5. The van der Waals surface area contributed by atoms with Crippen LogP contribution in [-0.4, -0.2) is 38.8 Å². The Kier molecular flexibility index (Phi) is 10.6. The van der Waals surface area contributed by atoms with Crippen molar-refractivity contribution in [2.24, 2.45) is 0 Å². The van der Waals surface area contributed by atoms with Crippen LogP contribution < -0.4 is 15.4 Å². The summed E-state index contributed by atoms with van der Waals surface area (Å²) in [6, 6.07) is 4.32. The highest BCUT2D eigenvalue weighted by Crippen LogP contribution is 2.27. The molecular weight excluding hydrogens is 316 g/mol. The molecule has 0 saturated carbocycles. The van der Waals surface area contributed by atoms with Crippen molar-refractivity contribution in [3.63, 3.8) is 0 Å². The van der Waals surface area contributed by atoms with E-state index in [-0.39, 0.29) is 18.3 Å². The van der Waals surface area contributed by atoms with Gasteiger partial charge in [0.05, 0.1) is 13.0 Å². The molecule has 1 rings (SSSR count). The molecule has 132 valence electrons. The largest absolute Gasteiger partial charge is 0.492 e. The van der Waals surface area contributed by atoms with Gasteiger partial charge in [-0.3, -0.25) is 4.79 Å². The van der Waals surface area contributed by atoms with Gasteiger partial charge in [-0.2, -0.15) is 0 Å². The first kappa shape index (κ1) is 21.7. The number of hydrogen-bond donors (Lipinski definition) is 2. The van der Waals surface area contributed by atoms with E-state index in [4.69, 9.17) is 9.47 Å². The number of amides is 1. The number of aryl methyl sites for hydroxylation is 2. The molecule has 0 heterocycles. The van der Waals surface area contributed by atoms with Crippen LogP contribution in [0.2, 0.25) is 0 Å². The monoisotopic (exact) mass is 344 g/mol. The van der Waals surface area contributed by atoms with Crippen molar-refractivity contribution in [3.05, 3.63) is 23.3 Å². The van der Waals surface area contributed by atoms with E-state index in [9.17, 15) is 4.79 Å². The maximum Gasteiger partial charge on any atom is 0.226 e. The van der Waals surface area contributed by atoms with Crippen molar-refractivity contribution in [2.75, 3.05) is 32.2 Å². The van der Waals surface area contributed by atoms with Gasteiger partial charge in [0.25, 0.3) is 0 Å². The van der Waals surface area contributed by atoms with Crippen molar-refractivity contribution in [3.8, 4) is 5.75 Å². The third-order valence-corrected chi connectivity index (χ3v) is 3.18. The Bertz CT molecular complexity index is 470. The third-order valence-electron chi connectivity index (χ3n) is 3.18. The van der Waals surface area contributed by atoms with Gasteiger partial charge in [-0.25, -0.2) is 0 Å². The van der Waals surface area contributed by atoms with Crippen molar-refractivity contribution in [1.82, 2.24) is 5.32 Å². The van der Waals surface area contributed by atoms with Crippen molar-refractivity contribution in [2.45, 2.75) is 40.2 Å². The van der Waals surface area contributed by atoms with Gasteiger partial charge >= 0.3 is 0 Å². The molecule has 0 aromatic heterocycles. The second-order valence-corrected chi connectivity index (χ2v) is 5.69. The number of rotatable bonds is 9. The molecule has 0 unspecified atom stereocenters. The van der Waals surface area contributed by atoms with Crippen molar-refractivity contribution in [1.29, 1.82) is 0 Å². The van der Waals surface area contributed by atoms with Gasteiger partial charge in [0.1, 0.15) is 12.4 Å². The molecule has 23 heavy (non-hydrogen) atoms. The minimum Gasteiger partial charge on any atom is -0.492 e. The normalized spacial score (nSPS) is 10.3. The van der Waals surface area contributed by atoms with Gasteiger partial charge in [0.2, 0.25) is 5.91 Å². The number of hydrogen-bond acceptors (Lipinski definition) is 4. The molecule has 0 aliphatic carbocycles. The van der Waals surface area contributed by atoms with Crippen LogP contribution in [0.3, 0.4) is 0 Å². The summed E-state index contributed by atoms with van der Waals surface area (Å²) in [7, 11) is 1.59. The molecule has 0 fully saturated rings. The summed E-state index contributed by atoms with van der Waals surface area (Å²) in [5.74, 6) is 0.843. The Labute approximate surface area is 145 Å². The maximum absolute atomic E-state index is 11.7. The number of nitrogens with one attached hydrogen (secondary N) is 2. The Morgan fingerprint density at radius 2 is 1.78 bits per heavy atom. The number of methoxy groups -OCH3 is 1. The summed E-state index contributed by atoms with van der Waals surface area (Å²) in [5.41, 5.74) is 2.84. The van der Waals surface area contributed by atoms with Crippen LogP contribution >= 0.6 is 12.4 Å². The summed E-state index contributed by atoms with van der Waals surface area (Å²) in [5, 5.41) is 6.20. The third kappa shape index (κ3) is 8.21. The van der Waals surface area contributed by atoms with E-state index in [1.807, 2.05) is 26.0 Å². The lowest BCUT2D eigenvalue weighted by Gasteiger charge is -2.15. The van der Waals surface area contributed by atoms with Gasteiger partial charge in [0, 0.05) is 25.4 Å². The van der Waals surface area contributed by atoms with Crippen LogP contribution in [0.5, 0.6) is 5.75 Å². The second-order valence-electron chi connectivity index (χ2n) is 5.69. The molecule has 0 atom stereocenters. The highest BCUT2D eigenvalue weighted by Gasteiger charge is 2.09. The molecule has 0 spiro atoms. The van der Waals surface area contributed by atoms with Gasteiger partial charge in [-0.15, -0.1) is 12.4 Å². The Balaban J connectivity index is 0.00000484. The lowest BCUT2D eigenvalue weighted by molar-refractivity contribution is -0.117. The average molecular weight is 345 g/mol. The Morgan fingerprint density at radius 1 is 1.17 bits per heavy atom. The number of halogens is 1. The van der Waals surface area contributed by atoms with Crippen LogP contribution in [0.1, 0.15) is 31.4 Å². The molecule has 2 N–H and O–H groups in total. The van der Waals surface area contributed by atoms with E-state index in [0.717, 1.165) is 29.1 Å². The summed E-state index contributed by atoms with van der Waals surface area (Å²) < 4.78 is 10.7. The summed E-state index contributed by atoms with van der Waals surface area (Å²) >= 11 is 0. The van der Waals surface area contributed by atoms with E-state index in [2.05, 4.69) is 24.5 Å². The first-order valence-electron chi connectivity index (χ1n) is 7.70. The van der Waals surface area contributed by atoms with E-state index in [1.165, 1.54) is 0 Å². The molecule has 1 amide bonds. The summed E-state index contributed by atoms with van der Waals surface area (Å²) in [6.45, 7) is 10.1. The Hall–Kier alpha value is -1.30. The first-order chi connectivity index (χ1) is 10.4. The molecule has 0 radical (unpaired) electrons. The molecule has 1 aromatic rings. The standard InChI is InChI=1S/C17H28N2O3.ClH/c1-12(2)18-7-9-22-17-13(3)10-15(11-14(17)4)19-16(20)6-8-21-5;/h10-12,18H,6-9H2,1-5H3,(H,19,20);1H. The molecule has 0 aliphatic heterocycles. The van der Waals surface area contributed by atoms with Gasteiger partial charge in [0.15, 0.2) is 0 Å². The number of carbonyl (C=O) groups is 1. The zero-order valence-electron chi connectivity index (χ0n) is 14.7. The lowest BCUT2D eigenvalue weighted by atomic mass is 10.1. The SMILES string of the molecule is COCCC(=O)Nc1cc(C)c(OCCNC(C)C)c(C)c1.Cl. The molecule has 1 aromatic carbocycles. The van der Waals surface area contributed by atoms with Crippen LogP contribution in [0, 0.1) is 13.8 Å². The smallest absolute Gasteiger partial charge is 0.226 e. The molecule has 5 nitrogen and oxygen atoms in total. The van der Waals surface area contributed by atoms with Gasteiger partial charge < -0.3 is 20.1 Å². The molecule has 0 aliphatic rings. The number of carbonyl (C=O) groups excluding carboxylic acids is 1. The van der Waals surface area contributed by atoms with Crippen LogP contribution in [-0.2, 0) is 9.53 Å². The lowest BCUT2D eigenvalue weighted by Crippen LogP contribution is -2.27. The van der Waals surface area contributed by atoms with Gasteiger partial charge in [-0.1, -0.05) is 13.8 Å². The quantitative estimate of drug-likeness (QED) is 0.676. The topological polar surface area (TPSA) is 59.6 Å². The van der Waals surface area contributed by atoms with E-state index >= 15 is 0 Å². The highest BCUT2D eigenvalue weighted by molar-refractivity contribution is 5.91. The predicted molar refractivity (Wildman–Crippen MR) is 96.9 cm³/mol. The maximum atomic E-state index is 11.7. The van der Waals surface area contributed by atoms with Crippen LogP contribution in [0.4, 0.5) is 5.69 Å². The highest BCUT2D eigenvalue weighted by atomic mass is 35.5. The van der Waals surface area contributed by atoms with Crippen molar-refractivity contribution >= 4 is 24.0 Å². The zero-order valence-corrected chi connectivity index (χ0v) is 15.5. The summed E-state index contributed by atoms with van der Waals surface area (Å²) in [6.07, 6.45) is 0.355. The number of ether oxygens (including phenoxy) is 2. The minimum absolute atomic E-state index is 0. The number of anilines is 1. The average Bonchev–Trinajstić information content (AvgIpc) is 2.43. The van der Waals surface area contributed by atoms with Crippen LogP contribution in [0.25, 0.3) is 0 Å². The van der Waals surface area contributed by atoms with E-state index < -0.39 is 0 Å². The van der Waals surface area contributed by atoms with Crippen LogP contribution in [0.15, 0.2) is 12.1 Å². The molecule has 6 heteroatoms.